The molecule has 0 spiro atoms. The van der Waals surface area contributed by atoms with Crippen molar-refractivity contribution in [1.29, 1.82) is 0 Å². The zero-order chi connectivity index (χ0) is 18.6. The van der Waals surface area contributed by atoms with E-state index in [4.69, 9.17) is 9.47 Å². The normalized spacial score (nSPS) is 18.6. The number of sulfonamides is 1. The van der Waals surface area contributed by atoms with Crippen molar-refractivity contribution >= 4 is 10.0 Å². The largest absolute Gasteiger partial charge is 0.493 e. The van der Waals surface area contributed by atoms with Gasteiger partial charge in [-0.3, -0.25) is 0 Å². The van der Waals surface area contributed by atoms with Gasteiger partial charge in [0.05, 0.1) is 24.7 Å². The highest BCUT2D eigenvalue weighted by atomic mass is 32.2. The molecule has 26 heavy (non-hydrogen) atoms. The van der Waals surface area contributed by atoms with Crippen molar-refractivity contribution in [3.63, 3.8) is 0 Å². The van der Waals surface area contributed by atoms with Crippen LogP contribution in [-0.2, 0) is 21.2 Å². The maximum absolute atomic E-state index is 12.9. The number of halogens is 1. The van der Waals surface area contributed by atoms with Crippen LogP contribution in [0, 0.1) is 5.82 Å². The van der Waals surface area contributed by atoms with Crippen LogP contribution < -0.4 is 4.74 Å². The van der Waals surface area contributed by atoms with Crippen molar-refractivity contribution in [3.8, 4) is 5.75 Å². The SMILES string of the molecule is C[C@@H]1COCCN1S(=O)(=O)c1ccc(OCCc2ccc(F)cc2)cc1. The van der Waals surface area contributed by atoms with Crippen molar-refractivity contribution in [3.05, 3.63) is 59.9 Å². The first-order valence-electron chi connectivity index (χ1n) is 8.54. The summed E-state index contributed by atoms with van der Waals surface area (Å²) in [5.74, 6) is 0.335. The van der Waals surface area contributed by atoms with E-state index in [0.717, 1.165) is 5.56 Å². The molecule has 0 radical (unpaired) electrons. The smallest absolute Gasteiger partial charge is 0.243 e. The van der Waals surface area contributed by atoms with Gasteiger partial charge in [-0.25, -0.2) is 12.8 Å². The minimum atomic E-state index is -3.53. The molecule has 3 rings (SSSR count). The van der Waals surface area contributed by atoms with Crippen LogP contribution in [0.1, 0.15) is 12.5 Å². The van der Waals surface area contributed by atoms with Crippen LogP contribution in [0.5, 0.6) is 5.75 Å². The molecule has 1 atom stereocenters. The topological polar surface area (TPSA) is 55.8 Å². The van der Waals surface area contributed by atoms with Gasteiger partial charge in [0.15, 0.2) is 0 Å². The molecule has 7 heteroatoms. The number of hydrogen-bond donors (Lipinski definition) is 0. The van der Waals surface area contributed by atoms with Crippen LogP contribution in [0.2, 0.25) is 0 Å². The Morgan fingerprint density at radius 1 is 1.15 bits per heavy atom. The van der Waals surface area contributed by atoms with E-state index in [9.17, 15) is 12.8 Å². The van der Waals surface area contributed by atoms with Crippen molar-refractivity contribution in [2.45, 2.75) is 24.3 Å². The van der Waals surface area contributed by atoms with E-state index < -0.39 is 10.0 Å². The number of morpholine rings is 1. The Bertz CT molecular complexity index is 822. The molecule has 2 aromatic rings. The molecule has 0 aromatic heterocycles. The van der Waals surface area contributed by atoms with Gasteiger partial charge in [-0.05, 0) is 48.9 Å². The Kier molecular flexibility index (Phi) is 5.90. The Morgan fingerprint density at radius 3 is 2.50 bits per heavy atom. The molecule has 140 valence electrons. The van der Waals surface area contributed by atoms with Gasteiger partial charge in [0.1, 0.15) is 11.6 Å². The second-order valence-electron chi connectivity index (χ2n) is 6.24. The van der Waals surface area contributed by atoms with Crippen LogP contribution in [0.25, 0.3) is 0 Å². The minimum absolute atomic E-state index is 0.180. The highest BCUT2D eigenvalue weighted by Crippen LogP contribution is 2.23. The van der Waals surface area contributed by atoms with Gasteiger partial charge in [-0.15, -0.1) is 0 Å². The molecule has 0 amide bonds. The summed E-state index contributed by atoms with van der Waals surface area (Å²) in [4.78, 5) is 0.247. The molecular weight excluding hydrogens is 357 g/mol. The maximum Gasteiger partial charge on any atom is 0.243 e. The predicted octanol–water partition coefficient (Wildman–Crippen LogP) is 2.86. The van der Waals surface area contributed by atoms with Crippen molar-refractivity contribution < 1.29 is 22.3 Å². The second-order valence-corrected chi connectivity index (χ2v) is 8.13. The first-order valence-corrected chi connectivity index (χ1v) is 9.98. The Balaban J connectivity index is 1.60. The van der Waals surface area contributed by atoms with Crippen molar-refractivity contribution in [2.24, 2.45) is 0 Å². The molecule has 0 unspecified atom stereocenters. The number of hydrogen-bond acceptors (Lipinski definition) is 4. The van der Waals surface area contributed by atoms with Crippen LogP contribution in [0.3, 0.4) is 0 Å². The lowest BCUT2D eigenvalue weighted by Gasteiger charge is -2.32. The molecule has 1 saturated heterocycles. The summed E-state index contributed by atoms with van der Waals surface area (Å²) in [6, 6.07) is 12.5. The summed E-state index contributed by atoms with van der Waals surface area (Å²) in [7, 11) is -3.53. The van der Waals surface area contributed by atoms with E-state index in [1.54, 1.807) is 36.4 Å². The maximum atomic E-state index is 12.9. The monoisotopic (exact) mass is 379 g/mol. The van der Waals surface area contributed by atoms with Gasteiger partial charge in [0.25, 0.3) is 0 Å². The number of benzene rings is 2. The molecule has 1 aliphatic heterocycles. The van der Waals surface area contributed by atoms with Crippen molar-refractivity contribution in [2.75, 3.05) is 26.4 Å². The van der Waals surface area contributed by atoms with Crippen molar-refractivity contribution in [1.82, 2.24) is 4.31 Å². The third-order valence-corrected chi connectivity index (χ3v) is 6.34. The third-order valence-electron chi connectivity index (χ3n) is 4.31. The third kappa shape index (κ3) is 4.41. The second kappa shape index (κ2) is 8.16. The van der Waals surface area contributed by atoms with Gasteiger partial charge in [-0.1, -0.05) is 12.1 Å². The first-order chi connectivity index (χ1) is 12.5. The summed E-state index contributed by atoms with van der Waals surface area (Å²) in [5.41, 5.74) is 0.979. The average Bonchev–Trinajstić information content (AvgIpc) is 2.64. The van der Waals surface area contributed by atoms with E-state index in [-0.39, 0.29) is 16.8 Å². The summed E-state index contributed by atoms with van der Waals surface area (Å²) >= 11 is 0. The van der Waals surface area contributed by atoms with E-state index in [0.29, 0.717) is 38.5 Å². The van der Waals surface area contributed by atoms with E-state index in [1.807, 2.05) is 6.92 Å². The van der Waals surface area contributed by atoms with Gasteiger partial charge in [0, 0.05) is 19.0 Å². The molecular formula is C19H22FNO4S. The molecule has 1 heterocycles. The lowest BCUT2D eigenvalue weighted by atomic mass is 10.2. The lowest BCUT2D eigenvalue weighted by Crippen LogP contribution is -2.46. The number of rotatable bonds is 6. The molecule has 0 saturated carbocycles. The predicted molar refractivity (Wildman–Crippen MR) is 96.2 cm³/mol. The summed E-state index contributed by atoms with van der Waals surface area (Å²) in [6.07, 6.45) is 0.644. The van der Waals surface area contributed by atoms with Gasteiger partial charge in [-0.2, -0.15) is 4.31 Å². The quantitative estimate of drug-likeness (QED) is 0.775. The zero-order valence-electron chi connectivity index (χ0n) is 14.6. The average molecular weight is 379 g/mol. The summed E-state index contributed by atoms with van der Waals surface area (Å²) < 4.78 is 50.8. The minimum Gasteiger partial charge on any atom is -0.493 e. The Labute approximate surface area is 153 Å². The van der Waals surface area contributed by atoms with E-state index in [1.165, 1.54) is 16.4 Å². The molecule has 0 aliphatic carbocycles. The standard InChI is InChI=1S/C19H22FNO4S/c1-15-14-24-13-11-21(15)26(22,23)19-8-6-18(7-9-19)25-12-10-16-2-4-17(20)5-3-16/h2-9,15H,10-14H2,1H3/t15-/m1/s1. The number of nitrogens with zero attached hydrogens (tertiary/aromatic N) is 1. The lowest BCUT2D eigenvalue weighted by molar-refractivity contribution is 0.0393. The molecule has 0 N–H and O–H groups in total. The molecule has 2 aromatic carbocycles. The molecule has 1 fully saturated rings. The van der Waals surface area contributed by atoms with Crippen LogP contribution in [-0.4, -0.2) is 45.1 Å². The highest BCUT2D eigenvalue weighted by Gasteiger charge is 2.31. The van der Waals surface area contributed by atoms with E-state index >= 15 is 0 Å². The summed E-state index contributed by atoms with van der Waals surface area (Å²) in [6.45, 7) is 3.44. The number of ether oxygens (including phenoxy) is 2. The molecule has 1 aliphatic rings. The zero-order valence-corrected chi connectivity index (χ0v) is 15.4. The summed E-state index contributed by atoms with van der Waals surface area (Å²) in [5, 5.41) is 0. The van der Waals surface area contributed by atoms with E-state index in [2.05, 4.69) is 0 Å². The molecule has 0 bridgehead atoms. The van der Waals surface area contributed by atoms with Crippen LogP contribution >= 0.6 is 0 Å². The van der Waals surface area contributed by atoms with Crippen LogP contribution in [0.4, 0.5) is 4.39 Å². The Hall–Kier alpha value is -1.96. The first kappa shape index (κ1) is 18.8. The highest BCUT2D eigenvalue weighted by molar-refractivity contribution is 7.89. The fourth-order valence-corrected chi connectivity index (χ4v) is 4.45. The fraction of sp³-hybridized carbons (Fsp3) is 0.368. The van der Waals surface area contributed by atoms with Gasteiger partial charge in [0.2, 0.25) is 10.0 Å². The van der Waals surface area contributed by atoms with Gasteiger partial charge < -0.3 is 9.47 Å². The van der Waals surface area contributed by atoms with Gasteiger partial charge >= 0.3 is 0 Å². The fourth-order valence-electron chi connectivity index (χ4n) is 2.85. The molecule has 5 nitrogen and oxygen atoms in total. The Morgan fingerprint density at radius 2 is 1.85 bits per heavy atom. The van der Waals surface area contributed by atoms with Crippen LogP contribution in [0.15, 0.2) is 53.4 Å².